The number of carbonyl (C=O) groups excluding carboxylic acids is 2. The number of hydrogen-bond donors (Lipinski definition) is 2. The van der Waals surface area contributed by atoms with E-state index in [2.05, 4.69) is 16.6 Å². The topological polar surface area (TPSA) is 84.7 Å². The molecule has 0 aliphatic rings. The molecule has 158 valence electrons. The van der Waals surface area contributed by atoms with E-state index >= 15 is 0 Å². The third kappa shape index (κ3) is 7.31. The number of nitrogens with zero attached hydrogens (tertiary/aromatic N) is 1. The molecule has 0 aliphatic heterocycles. The van der Waals surface area contributed by atoms with Gasteiger partial charge in [-0.3, -0.25) is 14.6 Å². The number of carbonyl (C=O) groups is 2. The van der Waals surface area contributed by atoms with Crippen molar-refractivity contribution in [2.45, 2.75) is 13.2 Å². The fraction of sp³-hybridized carbons (Fsp3) is 0.143. The highest BCUT2D eigenvalue weighted by Crippen LogP contribution is 2.20. The summed E-state index contributed by atoms with van der Waals surface area (Å²) in [5.74, 6) is 4.59. The highest BCUT2D eigenvalue weighted by molar-refractivity contribution is 6.31. The maximum atomic E-state index is 12.2. The molecule has 0 aliphatic carbocycles. The molecule has 6 nitrogen and oxygen atoms in total. The summed E-state index contributed by atoms with van der Waals surface area (Å²) < 4.78 is 28.6. The Hall–Kier alpha value is -3.23. The van der Waals surface area contributed by atoms with E-state index in [1.54, 1.807) is 24.3 Å². The van der Waals surface area contributed by atoms with Crippen LogP contribution in [-0.2, 0) is 16.1 Å². The fourth-order valence-electron chi connectivity index (χ4n) is 2.34. The molecule has 2 aromatic carbocycles. The first-order valence-corrected chi connectivity index (χ1v) is 9.12. The molecule has 9 heteroatoms. The van der Waals surface area contributed by atoms with Gasteiger partial charge in [0.2, 0.25) is 5.91 Å². The normalized spacial score (nSPS) is 10.8. The van der Waals surface area contributed by atoms with Gasteiger partial charge in [0, 0.05) is 17.6 Å². The van der Waals surface area contributed by atoms with Gasteiger partial charge < -0.3 is 10.1 Å². The van der Waals surface area contributed by atoms with Gasteiger partial charge in [-0.1, -0.05) is 48.5 Å². The molecule has 0 heterocycles. The van der Waals surface area contributed by atoms with Crippen LogP contribution in [0.2, 0.25) is 5.02 Å². The van der Waals surface area contributed by atoms with E-state index in [0.717, 1.165) is 16.6 Å². The summed E-state index contributed by atoms with van der Waals surface area (Å²) in [4.78, 5) is 24.1. The Kier molecular flexibility index (Phi) is 8.52. The first-order valence-electron chi connectivity index (χ1n) is 8.75. The van der Waals surface area contributed by atoms with E-state index < -0.39 is 18.4 Å². The summed E-state index contributed by atoms with van der Waals surface area (Å²) in [6, 6.07) is 12.8. The summed E-state index contributed by atoms with van der Waals surface area (Å²) in [7, 11) is 0. The number of nitrogens with two attached hydrogens (primary N) is 1. The number of alkyl halides is 2. The largest absolute Gasteiger partial charge is 0.435 e. The lowest BCUT2D eigenvalue weighted by Crippen LogP contribution is -2.44. The van der Waals surface area contributed by atoms with Crippen molar-refractivity contribution in [2.75, 3.05) is 6.54 Å². The van der Waals surface area contributed by atoms with Crippen molar-refractivity contribution >= 4 is 29.0 Å². The molecular formula is C21H20ClF2N3O3. The van der Waals surface area contributed by atoms with Crippen LogP contribution < -0.4 is 15.9 Å². The summed E-state index contributed by atoms with van der Waals surface area (Å²) in [6.07, 6.45) is 2.57. The Labute approximate surface area is 177 Å². The minimum atomic E-state index is -2.91. The second-order valence-corrected chi connectivity index (χ2v) is 6.50. The first kappa shape index (κ1) is 23.1. The van der Waals surface area contributed by atoms with E-state index in [-0.39, 0.29) is 18.8 Å². The SMILES string of the molecule is C=C(/C=C\C(=O)N(N)CC(=O)NCc1ccccc1Cl)c1ccc(OC(F)F)cc1. The molecule has 2 rings (SSSR count). The molecule has 0 saturated heterocycles. The van der Waals surface area contributed by atoms with Crippen molar-refractivity contribution in [3.05, 3.63) is 83.4 Å². The molecular weight excluding hydrogens is 416 g/mol. The molecule has 0 aromatic heterocycles. The number of ether oxygens (including phenoxy) is 1. The van der Waals surface area contributed by atoms with Crippen molar-refractivity contribution < 1.29 is 23.1 Å². The number of halogens is 3. The van der Waals surface area contributed by atoms with Gasteiger partial charge in [0.25, 0.3) is 5.91 Å². The molecule has 3 N–H and O–H groups in total. The van der Waals surface area contributed by atoms with Crippen LogP contribution in [0.3, 0.4) is 0 Å². The maximum absolute atomic E-state index is 12.2. The number of allylic oxidation sites excluding steroid dienone is 2. The van der Waals surface area contributed by atoms with Crippen LogP contribution in [0.4, 0.5) is 8.78 Å². The molecule has 0 bridgehead atoms. The zero-order valence-corrected chi connectivity index (χ0v) is 16.6. The number of rotatable bonds is 9. The monoisotopic (exact) mass is 435 g/mol. The Morgan fingerprint density at radius 1 is 1.17 bits per heavy atom. The molecule has 0 atom stereocenters. The number of hydrogen-bond acceptors (Lipinski definition) is 4. The van der Waals surface area contributed by atoms with Gasteiger partial charge in [-0.25, -0.2) is 5.84 Å². The van der Waals surface area contributed by atoms with E-state index in [0.29, 0.717) is 16.2 Å². The van der Waals surface area contributed by atoms with Crippen molar-refractivity contribution in [3.8, 4) is 5.75 Å². The zero-order chi connectivity index (χ0) is 22.1. The summed E-state index contributed by atoms with van der Waals surface area (Å²) in [6.45, 7) is 0.751. The van der Waals surface area contributed by atoms with Crippen LogP contribution in [0.5, 0.6) is 5.75 Å². The predicted octanol–water partition coefficient (Wildman–Crippen LogP) is 3.53. The van der Waals surface area contributed by atoms with Crippen LogP contribution in [0.15, 0.2) is 67.3 Å². The van der Waals surface area contributed by atoms with Gasteiger partial charge in [-0.05, 0) is 41.0 Å². The quantitative estimate of drug-likeness (QED) is 0.207. The maximum Gasteiger partial charge on any atom is 0.387 e. The van der Waals surface area contributed by atoms with Crippen molar-refractivity contribution in [1.82, 2.24) is 10.3 Å². The third-order valence-electron chi connectivity index (χ3n) is 3.91. The average Bonchev–Trinajstić information content (AvgIpc) is 2.71. The van der Waals surface area contributed by atoms with Crippen molar-refractivity contribution in [1.29, 1.82) is 0 Å². The van der Waals surface area contributed by atoms with Crippen molar-refractivity contribution in [3.63, 3.8) is 0 Å². The lowest BCUT2D eigenvalue weighted by atomic mass is 10.1. The standard InChI is InChI=1S/C21H20ClF2N3O3/c1-14(15-7-9-17(10-8-15)30-21(23)24)6-11-20(29)27(25)13-19(28)26-12-16-4-2-3-5-18(16)22/h2-11,21H,1,12-13,25H2,(H,26,28)/b11-6-. The van der Waals surface area contributed by atoms with Crippen LogP contribution in [0, 0.1) is 0 Å². The third-order valence-corrected chi connectivity index (χ3v) is 4.28. The first-order chi connectivity index (χ1) is 14.3. The molecule has 0 radical (unpaired) electrons. The van der Waals surface area contributed by atoms with E-state index in [9.17, 15) is 18.4 Å². The summed E-state index contributed by atoms with van der Waals surface area (Å²) >= 11 is 6.02. The van der Waals surface area contributed by atoms with Crippen molar-refractivity contribution in [2.24, 2.45) is 5.84 Å². The summed E-state index contributed by atoms with van der Waals surface area (Å²) in [5, 5.41) is 3.91. The number of benzene rings is 2. The molecule has 30 heavy (non-hydrogen) atoms. The predicted molar refractivity (Wildman–Crippen MR) is 110 cm³/mol. The summed E-state index contributed by atoms with van der Waals surface area (Å²) in [5.41, 5.74) is 1.79. The minimum absolute atomic E-state index is 0.0116. The molecule has 0 fully saturated rings. The lowest BCUT2D eigenvalue weighted by molar-refractivity contribution is -0.132. The molecule has 0 saturated carbocycles. The second-order valence-electron chi connectivity index (χ2n) is 6.10. The Balaban J connectivity index is 1.83. The number of hydrazine groups is 1. The van der Waals surface area contributed by atoms with Gasteiger partial charge in [0.1, 0.15) is 12.3 Å². The second kappa shape index (κ2) is 11.1. The Morgan fingerprint density at radius 2 is 1.83 bits per heavy atom. The fourth-order valence-corrected chi connectivity index (χ4v) is 2.54. The Morgan fingerprint density at radius 3 is 2.47 bits per heavy atom. The molecule has 0 spiro atoms. The van der Waals surface area contributed by atoms with Gasteiger partial charge in [-0.2, -0.15) is 8.78 Å². The van der Waals surface area contributed by atoms with Gasteiger partial charge in [0.15, 0.2) is 0 Å². The van der Waals surface area contributed by atoms with Gasteiger partial charge in [-0.15, -0.1) is 0 Å². The lowest BCUT2D eigenvalue weighted by Gasteiger charge is -2.14. The smallest absolute Gasteiger partial charge is 0.387 e. The van der Waals surface area contributed by atoms with Crippen LogP contribution >= 0.6 is 11.6 Å². The highest BCUT2D eigenvalue weighted by atomic mass is 35.5. The van der Waals surface area contributed by atoms with E-state index in [1.807, 2.05) is 0 Å². The van der Waals surface area contributed by atoms with Crippen LogP contribution in [0.25, 0.3) is 5.57 Å². The Bertz CT molecular complexity index is 933. The van der Waals surface area contributed by atoms with E-state index in [1.165, 1.54) is 30.3 Å². The molecule has 2 amide bonds. The van der Waals surface area contributed by atoms with Gasteiger partial charge in [0.05, 0.1) is 0 Å². The molecule has 0 unspecified atom stereocenters. The molecule has 2 aromatic rings. The van der Waals surface area contributed by atoms with E-state index in [4.69, 9.17) is 17.4 Å². The van der Waals surface area contributed by atoms with Gasteiger partial charge >= 0.3 is 6.61 Å². The minimum Gasteiger partial charge on any atom is -0.435 e. The van der Waals surface area contributed by atoms with Crippen LogP contribution in [-0.4, -0.2) is 30.0 Å². The van der Waals surface area contributed by atoms with Crippen LogP contribution in [0.1, 0.15) is 11.1 Å². The average molecular weight is 436 g/mol. The number of nitrogens with one attached hydrogen (secondary N) is 1. The number of amides is 2. The highest BCUT2D eigenvalue weighted by Gasteiger charge is 2.12. The zero-order valence-electron chi connectivity index (χ0n) is 15.9.